The van der Waals surface area contributed by atoms with Crippen LogP contribution in [0, 0.1) is 0 Å². The van der Waals surface area contributed by atoms with E-state index in [0.717, 1.165) is 0 Å². The molecule has 0 spiro atoms. The molecule has 1 N–H and O–H groups in total. The van der Waals surface area contributed by atoms with Crippen LogP contribution in [0.4, 0.5) is 0 Å². The molecule has 0 unspecified atom stereocenters. The molecule has 0 aliphatic rings. The maximum absolute atomic E-state index is 9.53. The Bertz CT molecular complexity index is 92.5. The lowest BCUT2D eigenvalue weighted by Crippen LogP contribution is -1.94. The maximum atomic E-state index is 9.53. The van der Waals surface area contributed by atoms with Crippen LogP contribution in [0.5, 0.6) is 0 Å². The molecule has 0 aromatic rings. The minimum Gasteiger partial charge on any atom is -0.477 e. The third-order valence-electron chi connectivity index (χ3n) is 0.269. The molecule has 4 nitrogen and oxygen atoms in total. The Morgan fingerprint density at radius 3 is 2.50 bits per heavy atom. The van der Waals surface area contributed by atoms with Crippen molar-refractivity contribution in [1.82, 2.24) is 0 Å². The number of nitrogens with zero attached hydrogens (tertiary/aromatic N) is 1. The second-order valence-electron chi connectivity index (χ2n) is 0.755. The maximum Gasteiger partial charge on any atom is 0.350 e. The molecule has 0 rings (SSSR count). The van der Waals surface area contributed by atoms with E-state index in [9.17, 15) is 4.79 Å². The van der Waals surface area contributed by atoms with Crippen LogP contribution in [0.2, 0.25) is 0 Å². The smallest absolute Gasteiger partial charge is 0.350 e. The van der Waals surface area contributed by atoms with Crippen molar-refractivity contribution < 1.29 is 14.7 Å². The summed E-state index contributed by atoms with van der Waals surface area (Å²) in [5.41, 5.74) is 0. The van der Waals surface area contributed by atoms with E-state index in [-0.39, 0.29) is 12.4 Å². The predicted octanol–water partition coefficient (Wildman–Crippen LogP) is 0.125. The summed E-state index contributed by atoms with van der Waals surface area (Å²) in [4.78, 5) is 13.6. The van der Waals surface area contributed by atoms with Crippen LogP contribution in [0.15, 0.2) is 5.16 Å². The van der Waals surface area contributed by atoms with Gasteiger partial charge in [0, 0.05) is 0 Å². The van der Waals surface area contributed by atoms with Crippen molar-refractivity contribution in [3.8, 4) is 0 Å². The van der Waals surface area contributed by atoms with Gasteiger partial charge >= 0.3 is 5.97 Å². The average Bonchev–Trinajstić information content (AvgIpc) is 1.61. The van der Waals surface area contributed by atoms with Gasteiger partial charge in [-0.15, -0.1) is 12.4 Å². The lowest BCUT2D eigenvalue weighted by atomic mass is 10.8. The van der Waals surface area contributed by atoms with Gasteiger partial charge in [-0.2, -0.15) is 0 Å². The van der Waals surface area contributed by atoms with E-state index in [1.54, 1.807) is 0 Å². The Hall–Kier alpha value is -0.770. The quantitative estimate of drug-likeness (QED) is 0.437. The van der Waals surface area contributed by atoms with E-state index in [4.69, 9.17) is 5.11 Å². The Balaban J connectivity index is 0. The largest absolute Gasteiger partial charge is 0.477 e. The van der Waals surface area contributed by atoms with Crippen molar-refractivity contribution in [2.24, 2.45) is 5.16 Å². The number of hydrogen-bond acceptors (Lipinski definition) is 3. The summed E-state index contributed by atoms with van der Waals surface area (Å²) in [5, 5.41) is 10.8. The van der Waals surface area contributed by atoms with Crippen LogP contribution in [0.25, 0.3) is 0 Å². The third kappa shape index (κ3) is 8.97. The molecule has 0 heterocycles. The highest BCUT2D eigenvalue weighted by Crippen LogP contribution is 1.61. The highest BCUT2D eigenvalue weighted by Gasteiger charge is 1.82. The van der Waals surface area contributed by atoms with Crippen molar-refractivity contribution in [3.63, 3.8) is 0 Å². The van der Waals surface area contributed by atoms with Crippen LogP contribution >= 0.6 is 12.4 Å². The molecule has 0 aliphatic carbocycles. The Labute approximate surface area is 52.5 Å². The summed E-state index contributed by atoms with van der Waals surface area (Å²) in [6.07, 6.45) is 0.667. The van der Waals surface area contributed by atoms with E-state index in [2.05, 4.69) is 9.99 Å². The SMILES string of the molecule is CO/N=C\C(=O)O.Cl. The van der Waals surface area contributed by atoms with Crippen LogP contribution in [-0.2, 0) is 9.63 Å². The Kier molecular flexibility index (Phi) is 7.99. The zero-order valence-electron chi connectivity index (χ0n) is 4.20. The number of carbonyl (C=O) groups is 1. The van der Waals surface area contributed by atoms with Gasteiger partial charge in [0.2, 0.25) is 0 Å². The van der Waals surface area contributed by atoms with Gasteiger partial charge < -0.3 is 9.94 Å². The first-order chi connectivity index (χ1) is 3.27. The lowest BCUT2D eigenvalue weighted by Gasteiger charge is -1.78. The minimum absolute atomic E-state index is 0. The summed E-state index contributed by atoms with van der Waals surface area (Å²) < 4.78 is 0. The van der Waals surface area contributed by atoms with Gasteiger partial charge in [-0.1, -0.05) is 5.16 Å². The summed E-state index contributed by atoms with van der Waals surface area (Å²) in [7, 11) is 1.28. The molecule has 0 radical (unpaired) electrons. The number of aliphatic carboxylic acids is 1. The second kappa shape index (κ2) is 6.23. The van der Waals surface area contributed by atoms with Crippen LogP contribution in [0.3, 0.4) is 0 Å². The van der Waals surface area contributed by atoms with Gasteiger partial charge in [0.1, 0.15) is 7.11 Å². The van der Waals surface area contributed by atoms with Crippen molar-refractivity contribution in [1.29, 1.82) is 0 Å². The van der Waals surface area contributed by atoms with E-state index in [1.165, 1.54) is 7.11 Å². The number of carboxylic acids is 1. The van der Waals surface area contributed by atoms with Crippen LogP contribution < -0.4 is 0 Å². The number of hydrogen-bond donors (Lipinski definition) is 1. The fourth-order valence-corrected chi connectivity index (χ4v) is 0.0978. The topological polar surface area (TPSA) is 58.9 Å². The van der Waals surface area contributed by atoms with E-state index < -0.39 is 5.97 Å². The number of oxime groups is 1. The van der Waals surface area contributed by atoms with Crippen molar-refractivity contribution in [3.05, 3.63) is 0 Å². The van der Waals surface area contributed by atoms with Crippen LogP contribution in [-0.4, -0.2) is 24.4 Å². The van der Waals surface area contributed by atoms with Crippen molar-refractivity contribution >= 4 is 24.6 Å². The molecule has 0 aromatic heterocycles. The second-order valence-corrected chi connectivity index (χ2v) is 0.755. The molecule has 8 heavy (non-hydrogen) atoms. The first kappa shape index (κ1) is 10.3. The van der Waals surface area contributed by atoms with Gasteiger partial charge in [-0.05, 0) is 0 Å². The highest BCUT2D eigenvalue weighted by molar-refractivity contribution is 6.21. The standard InChI is InChI=1S/C3H5NO3.ClH/c1-7-4-2-3(5)6;/h2H,1H3,(H,5,6);1H/b4-2-;. The minimum atomic E-state index is -1.11. The molecule has 0 aromatic carbocycles. The van der Waals surface area contributed by atoms with E-state index >= 15 is 0 Å². The summed E-state index contributed by atoms with van der Waals surface area (Å²) in [6, 6.07) is 0. The normalized spacial score (nSPS) is 8.12. The van der Waals surface area contributed by atoms with E-state index in [1.807, 2.05) is 0 Å². The molecule has 0 aliphatic heterocycles. The molecule has 0 saturated carbocycles. The first-order valence-electron chi connectivity index (χ1n) is 1.57. The monoisotopic (exact) mass is 139 g/mol. The summed E-state index contributed by atoms with van der Waals surface area (Å²) in [6.45, 7) is 0. The molecule has 0 atom stereocenters. The number of carboxylic acid groups (broad SMARTS) is 1. The third-order valence-corrected chi connectivity index (χ3v) is 0.269. The molecule has 0 saturated heterocycles. The van der Waals surface area contributed by atoms with Gasteiger partial charge in [0.25, 0.3) is 0 Å². The number of halogens is 1. The molecular weight excluding hydrogens is 133 g/mol. The lowest BCUT2D eigenvalue weighted by molar-refractivity contribution is -0.129. The van der Waals surface area contributed by atoms with Gasteiger partial charge in [0.15, 0.2) is 6.21 Å². The fourth-order valence-electron chi connectivity index (χ4n) is 0.0978. The highest BCUT2D eigenvalue weighted by atomic mass is 35.5. The van der Waals surface area contributed by atoms with E-state index in [0.29, 0.717) is 6.21 Å². The molecule has 0 amide bonds. The molecule has 5 heteroatoms. The summed E-state index contributed by atoms with van der Waals surface area (Å²) >= 11 is 0. The van der Waals surface area contributed by atoms with Crippen molar-refractivity contribution in [2.75, 3.05) is 7.11 Å². The van der Waals surface area contributed by atoms with Crippen LogP contribution in [0.1, 0.15) is 0 Å². The Morgan fingerprint density at radius 2 is 2.38 bits per heavy atom. The fraction of sp³-hybridized carbons (Fsp3) is 0.333. The predicted molar refractivity (Wildman–Crippen MR) is 30.4 cm³/mol. The zero-order valence-corrected chi connectivity index (χ0v) is 5.01. The number of rotatable bonds is 2. The van der Waals surface area contributed by atoms with Gasteiger partial charge in [-0.25, -0.2) is 4.79 Å². The first-order valence-corrected chi connectivity index (χ1v) is 1.57. The average molecular weight is 140 g/mol. The molecule has 0 fully saturated rings. The molecular formula is C3H6ClNO3. The molecule has 0 bridgehead atoms. The Morgan fingerprint density at radius 1 is 1.88 bits per heavy atom. The zero-order chi connectivity index (χ0) is 5.70. The summed E-state index contributed by atoms with van der Waals surface area (Å²) in [5.74, 6) is -1.11. The van der Waals surface area contributed by atoms with Gasteiger partial charge in [0.05, 0.1) is 0 Å². The van der Waals surface area contributed by atoms with Crippen molar-refractivity contribution in [2.45, 2.75) is 0 Å². The molecule has 48 valence electrons. The van der Waals surface area contributed by atoms with Gasteiger partial charge in [-0.3, -0.25) is 0 Å².